The SMILES string of the molecule is Cc1nnnn1CC1CCNCC1. The summed E-state index contributed by atoms with van der Waals surface area (Å²) in [6.07, 6.45) is 2.47. The first-order valence-corrected chi connectivity index (χ1v) is 4.80. The molecule has 0 saturated carbocycles. The first-order valence-electron chi connectivity index (χ1n) is 4.80. The Bertz CT molecular complexity index is 263. The molecule has 13 heavy (non-hydrogen) atoms. The molecule has 5 nitrogen and oxygen atoms in total. The highest BCUT2D eigenvalue weighted by Crippen LogP contribution is 2.13. The van der Waals surface area contributed by atoms with Crippen LogP contribution in [0, 0.1) is 12.8 Å². The Labute approximate surface area is 77.5 Å². The smallest absolute Gasteiger partial charge is 0.148 e. The van der Waals surface area contributed by atoms with Crippen LogP contribution in [0.4, 0.5) is 0 Å². The van der Waals surface area contributed by atoms with Gasteiger partial charge in [0.1, 0.15) is 5.82 Å². The van der Waals surface area contributed by atoms with Crippen LogP contribution < -0.4 is 5.32 Å². The number of hydrogen-bond donors (Lipinski definition) is 1. The number of piperidine rings is 1. The molecule has 2 rings (SSSR count). The average molecular weight is 181 g/mol. The van der Waals surface area contributed by atoms with E-state index >= 15 is 0 Å². The van der Waals surface area contributed by atoms with Gasteiger partial charge < -0.3 is 5.32 Å². The van der Waals surface area contributed by atoms with Crippen molar-refractivity contribution in [1.29, 1.82) is 0 Å². The molecule has 1 aliphatic heterocycles. The van der Waals surface area contributed by atoms with E-state index < -0.39 is 0 Å². The van der Waals surface area contributed by atoms with Crippen LogP contribution in [0.1, 0.15) is 18.7 Å². The Morgan fingerprint density at radius 1 is 1.46 bits per heavy atom. The molecule has 0 atom stereocenters. The molecule has 2 heterocycles. The standard InChI is InChI=1S/C8H15N5/c1-7-10-11-12-13(7)6-8-2-4-9-5-3-8/h8-9H,2-6H2,1H3. The number of aromatic nitrogens is 4. The summed E-state index contributed by atoms with van der Waals surface area (Å²) in [5, 5.41) is 14.8. The average Bonchev–Trinajstić information content (AvgIpc) is 2.54. The van der Waals surface area contributed by atoms with Crippen molar-refractivity contribution in [3.05, 3.63) is 5.82 Å². The van der Waals surface area contributed by atoms with E-state index in [0.717, 1.165) is 31.4 Å². The Morgan fingerprint density at radius 3 is 2.85 bits per heavy atom. The monoisotopic (exact) mass is 181 g/mol. The van der Waals surface area contributed by atoms with E-state index in [4.69, 9.17) is 0 Å². The predicted octanol–water partition coefficient (Wildman–Crippen LogP) is -0.0189. The normalized spacial score (nSPS) is 19.2. The minimum Gasteiger partial charge on any atom is -0.317 e. The molecule has 5 heteroatoms. The van der Waals surface area contributed by atoms with Gasteiger partial charge in [0.05, 0.1) is 0 Å². The summed E-state index contributed by atoms with van der Waals surface area (Å²) in [7, 11) is 0. The van der Waals surface area contributed by atoms with Crippen molar-refractivity contribution in [3.8, 4) is 0 Å². The van der Waals surface area contributed by atoms with Gasteiger partial charge in [-0.15, -0.1) is 5.10 Å². The fourth-order valence-electron chi connectivity index (χ4n) is 1.73. The second-order valence-corrected chi connectivity index (χ2v) is 3.60. The lowest BCUT2D eigenvalue weighted by Gasteiger charge is -2.22. The Kier molecular flexibility index (Phi) is 2.54. The number of hydrogen-bond acceptors (Lipinski definition) is 4. The second kappa shape index (κ2) is 3.83. The molecule has 1 aromatic heterocycles. The van der Waals surface area contributed by atoms with Crippen LogP contribution in [0.15, 0.2) is 0 Å². The van der Waals surface area contributed by atoms with Gasteiger partial charge in [0.2, 0.25) is 0 Å². The van der Waals surface area contributed by atoms with Gasteiger partial charge in [0.25, 0.3) is 0 Å². The van der Waals surface area contributed by atoms with Crippen LogP contribution in [-0.2, 0) is 6.54 Å². The Balaban J connectivity index is 1.93. The minimum atomic E-state index is 0.739. The lowest BCUT2D eigenvalue weighted by molar-refractivity contribution is 0.316. The molecule has 0 aliphatic carbocycles. The lowest BCUT2D eigenvalue weighted by atomic mass is 9.98. The third-order valence-electron chi connectivity index (χ3n) is 2.60. The van der Waals surface area contributed by atoms with Gasteiger partial charge in [-0.2, -0.15) is 0 Å². The number of rotatable bonds is 2. The highest BCUT2D eigenvalue weighted by Gasteiger charge is 2.14. The molecule has 1 fully saturated rings. The van der Waals surface area contributed by atoms with E-state index in [0.29, 0.717) is 0 Å². The molecule has 1 aromatic rings. The summed E-state index contributed by atoms with van der Waals surface area (Å²) in [6, 6.07) is 0. The van der Waals surface area contributed by atoms with Crippen LogP contribution >= 0.6 is 0 Å². The van der Waals surface area contributed by atoms with Gasteiger partial charge in [0.15, 0.2) is 0 Å². The Hall–Kier alpha value is -0.970. The maximum atomic E-state index is 3.95. The summed E-state index contributed by atoms with van der Waals surface area (Å²) in [5.41, 5.74) is 0. The molecule has 1 saturated heterocycles. The van der Waals surface area contributed by atoms with E-state index in [1.807, 2.05) is 11.6 Å². The third kappa shape index (κ3) is 2.03. The van der Waals surface area contributed by atoms with Gasteiger partial charge in [-0.05, 0) is 49.2 Å². The van der Waals surface area contributed by atoms with Crippen molar-refractivity contribution < 1.29 is 0 Å². The molecular formula is C8H15N5. The van der Waals surface area contributed by atoms with Crippen molar-refractivity contribution in [2.75, 3.05) is 13.1 Å². The van der Waals surface area contributed by atoms with Crippen LogP contribution in [0.2, 0.25) is 0 Å². The molecule has 0 spiro atoms. The van der Waals surface area contributed by atoms with Gasteiger partial charge in [0, 0.05) is 6.54 Å². The summed E-state index contributed by atoms with van der Waals surface area (Å²) in [6.45, 7) is 5.18. The number of nitrogens with zero attached hydrogens (tertiary/aromatic N) is 4. The highest BCUT2D eigenvalue weighted by atomic mass is 15.5. The second-order valence-electron chi connectivity index (χ2n) is 3.60. The molecule has 1 aliphatic rings. The quantitative estimate of drug-likeness (QED) is 0.696. The van der Waals surface area contributed by atoms with Crippen LogP contribution in [0.3, 0.4) is 0 Å². The number of nitrogens with one attached hydrogen (secondary N) is 1. The molecule has 72 valence electrons. The highest BCUT2D eigenvalue weighted by molar-refractivity contribution is 4.76. The van der Waals surface area contributed by atoms with Crippen molar-refractivity contribution >= 4 is 0 Å². The van der Waals surface area contributed by atoms with Crippen molar-refractivity contribution in [2.24, 2.45) is 5.92 Å². The number of aryl methyl sites for hydroxylation is 1. The first kappa shape index (κ1) is 8.62. The minimum absolute atomic E-state index is 0.739. The fourth-order valence-corrected chi connectivity index (χ4v) is 1.73. The lowest BCUT2D eigenvalue weighted by Crippen LogP contribution is -2.30. The molecule has 0 radical (unpaired) electrons. The van der Waals surface area contributed by atoms with E-state index in [1.165, 1.54) is 12.8 Å². The zero-order valence-electron chi connectivity index (χ0n) is 7.90. The zero-order chi connectivity index (χ0) is 9.10. The molecule has 0 bridgehead atoms. The van der Waals surface area contributed by atoms with Crippen molar-refractivity contribution in [3.63, 3.8) is 0 Å². The van der Waals surface area contributed by atoms with Gasteiger partial charge in [-0.3, -0.25) is 0 Å². The molecule has 0 amide bonds. The molecule has 0 aromatic carbocycles. The van der Waals surface area contributed by atoms with Crippen LogP contribution in [-0.4, -0.2) is 33.3 Å². The van der Waals surface area contributed by atoms with Gasteiger partial charge in [-0.25, -0.2) is 4.68 Å². The first-order chi connectivity index (χ1) is 6.36. The molecule has 1 N–H and O–H groups in total. The van der Waals surface area contributed by atoms with Crippen molar-refractivity contribution in [2.45, 2.75) is 26.3 Å². The summed E-state index contributed by atoms with van der Waals surface area (Å²) >= 11 is 0. The summed E-state index contributed by atoms with van der Waals surface area (Å²) in [4.78, 5) is 0. The van der Waals surface area contributed by atoms with E-state index in [-0.39, 0.29) is 0 Å². The number of tetrazole rings is 1. The van der Waals surface area contributed by atoms with Gasteiger partial charge >= 0.3 is 0 Å². The Morgan fingerprint density at radius 2 is 2.23 bits per heavy atom. The van der Waals surface area contributed by atoms with E-state index in [1.54, 1.807) is 0 Å². The topological polar surface area (TPSA) is 55.6 Å². The van der Waals surface area contributed by atoms with Crippen LogP contribution in [0.5, 0.6) is 0 Å². The summed E-state index contributed by atoms with van der Waals surface area (Å²) < 4.78 is 1.90. The van der Waals surface area contributed by atoms with Gasteiger partial charge in [-0.1, -0.05) is 0 Å². The molecule has 0 unspecified atom stereocenters. The molecular weight excluding hydrogens is 166 g/mol. The largest absolute Gasteiger partial charge is 0.317 e. The van der Waals surface area contributed by atoms with E-state index in [9.17, 15) is 0 Å². The van der Waals surface area contributed by atoms with Crippen molar-refractivity contribution in [1.82, 2.24) is 25.5 Å². The maximum Gasteiger partial charge on any atom is 0.148 e. The van der Waals surface area contributed by atoms with Crippen LogP contribution in [0.25, 0.3) is 0 Å². The summed E-state index contributed by atoms with van der Waals surface area (Å²) in [5.74, 6) is 1.65. The maximum absolute atomic E-state index is 3.95. The third-order valence-corrected chi connectivity index (χ3v) is 2.60. The fraction of sp³-hybridized carbons (Fsp3) is 0.875. The van der Waals surface area contributed by atoms with E-state index in [2.05, 4.69) is 20.8 Å². The zero-order valence-corrected chi connectivity index (χ0v) is 7.90. The predicted molar refractivity (Wildman–Crippen MR) is 48.1 cm³/mol.